The van der Waals surface area contributed by atoms with Crippen molar-refractivity contribution in [3.05, 3.63) is 0 Å². The van der Waals surface area contributed by atoms with Gasteiger partial charge in [0.2, 0.25) is 0 Å². The Morgan fingerprint density at radius 1 is 0.464 bits per heavy atom. The molecule has 0 saturated carbocycles. The SMILES string of the molecule is CC(=O)CC(=O)C(=O)[O-].CC(=O)CC(=O)C(=O)[O-].CC(=O)CC(=O)C(=O)[O-].[Dy+3]. The van der Waals surface area contributed by atoms with Crippen molar-refractivity contribution in [2.75, 3.05) is 0 Å². The number of hydrogen-bond acceptors (Lipinski definition) is 12. The molecule has 0 heterocycles. The van der Waals surface area contributed by atoms with E-state index in [2.05, 4.69) is 0 Å². The summed E-state index contributed by atoms with van der Waals surface area (Å²) >= 11 is 0. The second-order valence-electron chi connectivity index (χ2n) is 4.77. The van der Waals surface area contributed by atoms with Gasteiger partial charge in [0, 0.05) is 0 Å². The molecule has 0 amide bonds. The van der Waals surface area contributed by atoms with Gasteiger partial charge in [-0.1, -0.05) is 0 Å². The molecule has 0 spiro atoms. The Morgan fingerprint density at radius 3 is 0.643 bits per heavy atom. The quantitative estimate of drug-likeness (QED) is 0.194. The van der Waals surface area contributed by atoms with Gasteiger partial charge in [0.25, 0.3) is 0 Å². The number of carbonyl (C=O) groups excluding carboxylic acids is 9. The van der Waals surface area contributed by atoms with Gasteiger partial charge in [0.15, 0.2) is 17.3 Å². The second kappa shape index (κ2) is 18.1. The van der Waals surface area contributed by atoms with Crippen molar-refractivity contribution in [1.29, 1.82) is 0 Å². The zero-order valence-electron chi connectivity index (χ0n) is 14.8. The predicted molar refractivity (Wildman–Crippen MR) is 75.9 cm³/mol. The molecule has 0 atom stereocenters. The van der Waals surface area contributed by atoms with Crippen molar-refractivity contribution >= 4 is 52.6 Å². The summed E-state index contributed by atoms with van der Waals surface area (Å²) < 4.78 is 0. The third-order valence-corrected chi connectivity index (χ3v) is 1.91. The minimum Gasteiger partial charge on any atom is -0.542 e. The van der Waals surface area contributed by atoms with Gasteiger partial charge in [-0.2, -0.15) is 0 Å². The fraction of sp³-hybridized carbons (Fsp3) is 0.400. The first-order valence-electron chi connectivity index (χ1n) is 6.82. The zero-order valence-corrected chi connectivity index (χ0v) is 16.9. The number of hydrogen-bond donors (Lipinski definition) is 0. The van der Waals surface area contributed by atoms with Crippen LogP contribution in [0.1, 0.15) is 40.0 Å². The van der Waals surface area contributed by atoms with E-state index in [1.54, 1.807) is 0 Å². The van der Waals surface area contributed by atoms with Crippen molar-refractivity contribution in [2.45, 2.75) is 40.0 Å². The molecule has 0 aromatic heterocycles. The third kappa shape index (κ3) is 25.9. The first-order valence-corrected chi connectivity index (χ1v) is 6.82. The summed E-state index contributed by atoms with van der Waals surface area (Å²) in [5.41, 5.74) is 0. The molecule has 157 valence electrons. The van der Waals surface area contributed by atoms with Crippen LogP contribution >= 0.6 is 0 Å². The zero-order chi connectivity index (χ0) is 22.3. The molecule has 0 fully saturated rings. The average Bonchev–Trinajstić information content (AvgIpc) is 2.46. The molecule has 0 bridgehead atoms. The van der Waals surface area contributed by atoms with Crippen LogP contribution in [0.4, 0.5) is 0 Å². The van der Waals surface area contributed by atoms with E-state index in [0.29, 0.717) is 0 Å². The van der Waals surface area contributed by atoms with Crippen LogP contribution in [-0.2, 0) is 43.2 Å². The minimum atomic E-state index is -1.80. The molecule has 0 N–H and O–H groups in total. The van der Waals surface area contributed by atoms with Gasteiger partial charge in [0.1, 0.15) is 35.3 Å². The Balaban J connectivity index is -0.000000152. The Hall–Kier alpha value is -2.30. The number of rotatable bonds is 9. The average molecular weight is 550 g/mol. The van der Waals surface area contributed by atoms with Crippen LogP contribution < -0.4 is 15.3 Å². The molecule has 0 rings (SSSR count). The van der Waals surface area contributed by atoms with E-state index < -0.39 is 71.9 Å². The van der Waals surface area contributed by atoms with Crippen LogP contribution in [0.15, 0.2) is 0 Å². The summed E-state index contributed by atoms with van der Waals surface area (Å²) in [6.45, 7) is 3.42. The van der Waals surface area contributed by atoms with Crippen molar-refractivity contribution in [1.82, 2.24) is 0 Å². The molecular formula is C15H15DyO12. The molecule has 28 heavy (non-hydrogen) atoms. The number of aliphatic carboxylic acids is 3. The van der Waals surface area contributed by atoms with Crippen molar-refractivity contribution in [3.63, 3.8) is 0 Å². The summed E-state index contributed by atoms with van der Waals surface area (Å²) in [7, 11) is 0. The standard InChI is InChI=1S/3C5H6O4.Dy/c3*1-3(6)2-4(7)5(8)9;/h3*2H2,1H3,(H,8,9);/q;;;+3/p-3. The predicted octanol–water partition coefficient (Wildman–Crippen LogP) is -5.15. The molecule has 1 radical (unpaired) electrons. The van der Waals surface area contributed by atoms with Crippen LogP contribution in [0, 0.1) is 38.2 Å². The van der Waals surface area contributed by atoms with Gasteiger partial charge >= 0.3 is 38.2 Å². The molecular weight excluding hydrogens is 535 g/mol. The molecule has 0 aromatic carbocycles. The molecule has 0 unspecified atom stereocenters. The number of carboxylic acids is 3. The maximum atomic E-state index is 10.1. The topological polar surface area (TPSA) is 223 Å². The molecule has 12 nitrogen and oxygen atoms in total. The largest absolute Gasteiger partial charge is 3.00 e. The minimum absolute atomic E-state index is 0. The summed E-state index contributed by atoms with van der Waals surface area (Å²) in [4.78, 5) is 89.2. The van der Waals surface area contributed by atoms with E-state index in [4.69, 9.17) is 0 Å². The summed E-state index contributed by atoms with van der Waals surface area (Å²) in [5, 5.41) is 28.9. The normalized spacial score (nSPS) is 8.25. The molecule has 0 saturated heterocycles. The van der Waals surface area contributed by atoms with E-state index in [1.807, 2.05) is 0 Å². The molecule has 0 aliphatic rings. The third-order valence-electron chi connectivity index (χ3n) is 1.91. The van der Waals surface area contributed by atoms with Crippen molar-refractivity contribution in [2.24, 2.45) is 0 Å². The van der Waals surface area contributed by atoms with Gasteiger partial charge in [-0.05, 0) is 20.8 Å². The Bertz CT molecular complexity index is 572. The Morgan fingerprint density at radius 2 is 0.607 bits per heavy atom. The molecule has 13 heteroatoms. The van der Waals surface area contributed by atoms with E-state index >= 15 is 0 Å². The smallest absolute Gasteiger partial charge is 0.542 e. The number of carbonyl (C=O) groups is 9. The summed E-state index contributed by atoms with van der Waals surface area (Å²) in [6.07, 6.45) is -1.70. The Labute approximate surface area is 188 Å². The van der Waals surface area contributed by atoms with Gasteiger partial charge in [-0.3, -0.25) is 28.8 Å². The number of ketones is 6. The van der Waals surface area contributed by atoms with E-state index in [1.165, 1.54) is 0 Å². The summed E-state index contributed by atoms with van der Waals surface area (Å²) in [6, 6.07) is 0. The Kier molecular flexibility index (Phi) is 21.5. The van der Waals surface area contributed by atoms with Crippen LogP contribution in [0.5, 0.6) is 0 Å². The van der Waals surface area contributed by atoms with Crippen molar-refractivity contribution < 1.29 is 96.6 Å². The van der Waals surface area contributed by atoms with Gasteiger partial charge in [0.05, 0.1) is 19.3 Å². The molecule has 0 aliphatic carbocycles. The first kappa shape index (κ1) is 33.3. The summed E-state index contributed by atoms with van der Waals surface area (Å²) in [5.74, 6) is -10.3. The molecule has 0 aromatic rings. The van der Waals surface area contributed by atoms with Gasteiger partial charge in [-0.25, -0.2) is 0 Å². The van der Waals surface area contributed by atoms with E-state index in [0.717, 1.165) is 20.8 Å². The number of carboxylic acid groups (broad SMARTS) is 3. The van der Waals surface area contributed by atoms with Crippen LogP contribution in [0.25, 0.3) is 0 Å². The second-order valence-corrected chi connectivity index (χ2v) is 4.77. The van der Waals surface area contributed by atoms with Crippen LogP contribution in [-0.4, -0.2) is 52.6 Å². The van der Waals surface area contributed by atoms with E-state index in [9.17, 15) is 58.5 Å². The number of Topliss-reactive ketones (excluding diaryl/α,β-unsaturated/α-hetero) is 6. The van der Waals surface area contributed by atoms with Gasteiger partial charge < -0.3 is 29.7 Å². The van der Waals surface area contributed by atoms with Crippen molar-refractivity contribution in [3.8, 4) is 0 Å². The fourth-order valence-corrected chi connectivity index (χ4v) is 0.895. The van der Waals surface area contributed by atoms with Gasteiger partial charge in [-0.15, -0.1) is 0 Å². The maximum Gasteiger partial charge on any atom is 3.00 e. The monoisotopic (exact) mass is 551 g/mol. The van der Waals surface area contributed by atoms with Crippen LogP contribution in [0.2, 0.25) is 0 Å². The van der Waals surface area contributed by atoms with E-state index in [-0.39, 0.29) is 38.2 Å². The molecule has 0 aliphatic heterocycles. The maximum absolute atomic E-state index is 10.1. The first-order chi connectivity index (χ1) is 12.1. The fourth-order valence-electron chi connectivity index (χ4n) is 0.895. The van der Waals surface area contributed by atoms with Crippen LogP contribution in [0.3, 0.4) is 0 Å².